The number of anilines is 1. The fourth-order valence-electron chi connectivity index (χ4n) is 2.44. The van der Waals surface area contributed by atoms with Crippen LogP contribution in [0.2, 0.25) is 0 Å². The lowest BCUT2D eigenvalue weighted by atomic mass is 10.0. The van der Waals surface area contributed by atoms with Crippen LogP contribution in [0.5, 0.6) is 0 Å². The van der Waals surface area contributed by atoms with E-state index in [4.69, 9.17) is 5.11 Å². The van der Waals surface area contributed by atoms with Gasteiger partial charge in [-0.15, -0.1) is 0 Å². The largest absolute Gasteiger partial charge is 0.478 e. The highest BCUT2D eigenvalue weighted by atomic mass is 16.4. The van der Waals surface area contributed by atoms with Crippen molar-refractivity contribution in [3.63, 3.8) is 0 Å². The van der Waals surface area contributed by atoms with Gasteiger partial charge in [-0.25, -0.2) is 4.79 Å². The van der Waals surface area contributed by atoms with E-state index >= 15 is 0 Å². The predicted octanol–water partition coefficient (Wildman–Crippen LogP) is 1.01. The number of carboxylic acid groups (broad SMARTS) is 1. The molecule has 2 atom stereocenters. The van der Waals surface area contributed by atoms with Gasteiger partial charge in [0.05, 0.1) is 22.4 Å². The third-order valence-electron chi connectivity index (χ3n) is 3.52. The molecule has 2 heterocycles. The fraction of sp³-hybridized carbons (Fsp3) is 0.364. The minimum Gasteiger partial charge on any atom is -0.478 e. The molecule has 1 aliphatic heterocycles. The summed E-state index contributed by atoms with van der Waals surface area (Å²) in [4.78, 5) is 26.7. The Morgan fingerprint density at radius 1 is 1.69 bits per heavy atom. The molecule has 0 aromatic carbocycles. The topological polar surface area (TPSA) is 79.3 Å². The molecule has 1 saturated carbocycles. The summed E-state index contributed by atoms with van der Waals surface area (Å²) in [5.41, 5.74) is 0.875. The number of nitrogens with zero attached hydrogens (tertiary/aromatic N) is 1. The van der Waals surface area contributed by atoms with Gasteiger partial charge in [0, 0.05) is 6.20 Å². The molecule has 82 valence electrons. The van der Waals surface area contributed by atoms with Crippen molar-refractivity contribution in [1.82, 2.24) is 4.98 Å². The summed E-state index contributed by atoms with van der Waals surface area (Å²) >= 11 is 0. The molecule has 0 bridgehead atoms. The zero-order valence-electron chi connectivity index (χ0n) is 8.65. The van der Waals surface area contributed by atoms with Crippen molar-refractivity contribution in [3.05, 3.63) is 23.5 Å². The van der Waals surface area contributed by atoms with Gasteiger partial charge in [0.25, 0.3) is 0 Å². The summed E-state index contributed by atoms with van der Waals surface area (Å²) in [5.74, 6) is -0.795. The summed E-state index contributed by atoms with van der Waals surface area (Å²) in [5, 5.41) is 11.5. The quantitative estimate of drug-likeness (QED) is 0.737. The molecule has 1 fully saturated rings. The second kappa shape index (κ2) is 2.61. The van der Waals surface area contributed by atoms with Gasteiger partial charge in [0.2, 0.25) is 5.91 Å². The molecular formula is C11H10N2O3. The van der Waals surface area contributed by atoms with Gasteiger partial charge in [-0.3, -0.25) is 9.78 Å². The summed E-state index contributed by atoms with van der Waals surface area (Å²) in [7, 11) is 0. The normalized spacial score (nSPS) is 30.1. The van der Waals surface area contributed by atoms with Crippen LogP contribution in [0, 0.1) is 5.92 Å². The van der Waals surface area contributed by atoms with E-state index in [9.17, 15) is 9.59 Å². The molecule has 1 aromatic heterocycles. The lowest BCUT2D eigenvalue weighted by molar-refractivity contribution is -0.118. The molecule has 3 rings (SSSR count). The molecule has 5 heteroatoms. The molecule has 0 saturated heterocycles. The molecule has 1 aromatic rings. The SMILES string of the molecule is CC1CC12C(=O)Nc1cc(C(=O)O)cnc12. The summed E-state index contributed by atoms with van der Waals surface area (Å²) in [6.07, 6.45) is 2.11. The highest BCUT2D eigenvalue weighted by molar-refractivity contribution is 6.08. The first-order valence-corrected chi connectivity index (χ1v) is 5.11. The lowest BCUT2D eigenvalue weighted by Gasteiger charge is -2.04. The predicted molar refractivity (Wildman–Crippen MR) is 55.3 cm³/mol. The van der Waals surface area contributed by atoms with Crippen molar-refractivity contribution in [3.8, 4) is 0 Å². The Balaban J connectivity index is 2.13. The van der Waals surface area contributed by atoms with E-state index in [-0.39, 0.29) is 17.4 Å². The van der Waals surface area contributed by atoms with Crippen LogP contribution in [0.15, 0.2) is 12.3 Å². The average Bonchev–Trinajstić information content (AvgIpc) is 2.82. The third kappa shape index (κ3) is 0.925. The maximum absolute atomic E-state index is 11.8. The molecular weight excluding hydrogens is 208 g/mol. The minimum absolute atomic E-state index is 0.0509. The van der Waals surface area contributed by atoms with Crippen LogP contribution in [0.25, 0.3) is 0 Å². The molecule has 2 aliphatic rings. The highest BCUT2D eigenvalue weighted by Gasteiger charge is 2.63. The summed E-state index contributed by atoms with van der Waals surface area (Å²) in [6, 6.07) is 1.47. The van der Waals surface area contributed by atoms with Gasteiger partial charge in [-0.2, -0.15) is 0 Å². The smallest absolute Gasteiger partial charge is 0.337 e. The van der Waals surface area contributed by atoms with Crippen molar-refractivity contribution in [2.75, 3.05) is 5.32 Å². The van der Waals surface area contributed by atoms with E-state index in [1.807, 2.05) is 6.92 Å². The van der Waals surface area contributed by atoms with Crippen LogP contribution in [0.3, 0.4) is 0 Å². The van der Waals surface area contributed by atoms with Crippen LogP contribution in [-0.2, 0) is 10.2 Å². The highest BCUT2D eigenvalue weighted by Crippen LogP contribution is 2.58. The lowest BCUT2D eigenvalue weighted by Crippen LogP contribution is -2.21. The summed E-state index contributed by atoms with van der Waals surface area (Å²) in [6.45, 7) is 2.00. The average molecular weight is 218 g/mol. The number of rotatable bonds is 1. The van der Waals surface area contributed by atoms with Crippen LogP contribution < -0.4 is 5.32 Å². The Morgan fingerprint density at radius 2 is 2.38 bits per heavy atom. The van der Waals surface area contributed by atoms with E-state index in [1.165, 1.54) is 12.3 Å². The zero-order chi connectivity index (χ0) is 11.5. The number of carbonyl (C=O) groups is 2. The Morgan fingerprint density at radius 3 is 2.94 bits per heavy atom. The van der Waals surface area contributed by atoms with Crippen molar-refractivity contribution < 1.29 is 14.7 Å². The molecule has 2 unspecified atom stereocenters. The number of fused-ring (bicyclic) bond motifs is 2. The molecule has 1 amide bonds. The van der Waals surface area contributed by atoms with Gasteiger partial charge >= 0.3 is 5.97 Å². The number of nitrogens with one attached hydrogen (secondary N) is 1. The van der Waals surface area contributed by atoms with Crippen molar-refractivity contribution in [1.29, 1.82) is 0 Å². The van der Waals surface area contributed by atoms with Crippen LogP contribution in [0.1, 0.15) is 29.4 Å². The maximum Gasteiger partial charge on any atom is 0.337 e. The van der Waals surface area contributed by atoms with Gasteiger partial charge < -0.3 is 10.4 Å². The minimum atomic E-state index is -1.03. The Labute approximate surface area is 91.5 Å². The number of carbonyl (C=O) groups excluding carboxylic acids is 1. The van der Waals surface area contributed by atoms with Crippen molar-refractivity contribution >= 4 is 17.6 Å². The molecule has 1 aliphatic carbocycles. The van der Waals surface area contributed by atoms with Crippen LogP contribution in [0.4, 0.5) is 5.69 Å². The Hall–Kier alpha value is -1.91. The molecule has 1 spiro atoms. The molecule has 5 nitrogen and oxygen atoms in total. The molecule has 0 radical (unpaired) electrons. The van der Waals surface area contributed by atoms with E-state index in [0.29, 0.717) is 11.4 Å². The zero-order valence-corrected chi connectivity index (χ0v) is 8.65. The number of aromatic carboxylic acids is 1. The first kappa shape index (κ1) is 9.33. The fourth-order valence-corrected chi connectivity index (χ4v) is 2.44. The standard InChI is InChI=1S/C11H10N2O3/c1-5-3-11(5)8-7(13-10(11)16)2-6(4-12-8)9(14)15/h2,4-5H,3H2,1H3,(H,13,16)(H,14,15). The number of amides is 1. The van der Waals surface area contributed by atoms with E-state index < -0.39 is 11.4 Å². The Bertz CT molecular complexity index is 526. The number of carboxylic acids is 1. The van der Waals surface area contributed by atoms with E-state index in [2.05, 4.69) is 10.3 Å². The monoisotopic (exact) mass is 218 g/mol. The number of hydrogen-bond donors (Lipinski definition) is 2. The number of pyridine rings is 1. The van der Waals surface area contributed by atoms with Gasteiger partial charge in [-0.05, 0) is 18.4 Å². The van der Waals surface area contributed by atoms with Crippen LogP contribution in [-0.4, -0.2) is 22.0 Å². The van der Waals surface area contributed by atoms with Gasteiger partial charge in [0.15, 0.2) is 0 Å². The van der Waals surface area contributed by atoms with Crippen molar-refractivity contribution in [2.24, 2.45) is 5.92 Å². The van der Waals surface area contributed by atoms with Gasteiger partial charge in [-0.1, -0.05) is 6.92 Å². The second-order valence-corrected chi connectivity index (χ2v) is 4.46. The first-order chi connectivity index (χ1) is 7.55. The van der Waals surface area contributed by atoms with Gasteiger partial charge in [0.1, 0.15) is 0 Å². The molecule has 16 heavy (non-hydrogen) atoms. The third-order valence-corrected chi connectivity index (χ3v) is 3.52. The second-order valence-electron chi connectivity index (χ2n) is 4.46. The maximum atomic E-state index is 11.8. The van der Waals surface area contributed by atoms with Crippen molar-refractivity contribution in [2.45, 2.75) is 18.8 Å². The van der Waals surface area contributed by atoms with E-state index in [0.717, 1.165) is 6.42 Å². The first-order valence-electron chi connectivity index (χ1n) is 5.11. The molecule has 2 N–H and O–H groups in total. The van der Waals surface area contributed by atoms with Crippen LogP contribution >= 0.6 is 0 Å². The summed E-state index contributed by atoms with van der Waals surface area (Å²) < 4.78 is 0. The number of hydrogen-bond acceptors (Lipinski definition) is 3. The van der Waals surface area contributed by atoms with E-state index in [1.54, 1.807) is 0 Å². The Kier molecular flexibility index (Phi) is 1.52. The number of aromatic nitrogens is 1.